The van der Waals surface area contributed by atoms with Crippen LogP contribution in [-0.4, -0.2) is 23.4 Å². The number of piperidine rings is 1. The maximum Gasteiger partial charge on any atom is 0.238 e. The van der Waals surface area contributed by atoms with Gasteiger partial charge in [0.05, 0.1) is 6.04 Å². The number of halogens is 2. The summed E-state index contributed by atoms with van der Waals surface area (Å²) in [5, 5.41) is 4.26. The van der Waals surface area contributed by atoms with Gasteiger partial charge in [0, 0.05) is 22.2 Å². The van der Waals surface area contributed by atoms with E-state index in [-0.39, 0.29) is 18.1 Å². The fraction of sp³-hybridized carbons (Fsp3) is 0.462. The zero-order chi connectivity index (χ0) is 12.7. The van der Waals surface area contributed by atoms with Crippen molar-refractivity contribution in [3.05, 3.63) is 33.8 Å². The van der Waals surface area contributed by atoms with E-state index in [1.165, 1.54) is 0 Å². The van der Waals surface area contributed by atoms with E-state index in [1.807, 2.05) is 12.1 Å². The van der Waals surface area contributed by atoms with Crippen molar-refractivity contribution < 1.29 is 4.79 Å². The molecule has 2 saturated heterocycles. The molecule has 0 spiro atoms. The monoisotopic (exact) mass is 284 g/mol. The molecule has 2 aliphatic rings. The standard InChI is InChI=1S/C13H14Cl2N2O/c14-8-4-5-9(10(15)7-8)12-16-13(18)11-3-1-2-6-17(11)12/h4-5,7,11-12H,1-3,6H2,(H,16,18). The van der Waals surface area contributed by atoms with E-state index in [1.54, 1.807) is 6.07 Å². The van der Waals surface area contributed by atoms with Gasteiger partial charge in [-0.05, 0) is 25.0 Å². The first-order valence-electron chi connectivity index (χ1n) is 6.18. The highest BCUT2D eigenvalue weighted by Gasteiger charge is 2.41. The smallest absolute Gasteiger partial charge is 0.238 e. The van der Waals surface area contributed by atoms with Crippen LogP contribution in [0.5, 0.6) is 0 Å². The summed E-state index contributed by atoms with van der Waals surface area (Å²) in [6, 6.07) is 5.44. The second-order valence-electron chi connectivity index (χ2n) is 4.83. The maximum atomic E-state index is 11.9. The SMILES string of the molecule is O=C1NC(c2ccc(Cl)cc2Cl)N2CCCCC12. The van der Waals surface area contributed by atoms with Crippen molar-refractivity contribution in [1.29, 1.82) is 0 Å². The van der Waals surface area contributed by atoms with Crippen molar-refractivity contribution in [2.75, 3.05) is 6.54 Å². The van der Waals surface area contributed by atoms with E-state index in [0.717, 1.165) is 31.4 Å². The summed E-state index contributed by atoms with van der Waals surface area (Å²) < 4.78 is 0. The first-order valence-corrected chi connectivity index (χ1v) is 6.93. The second kappa shape index (κ2) is 4.72. The molecule has 3 nitrogen and oxygen atoms in total. The lowest BCUT2D eigenvalue weighted by Gasteiger charge is -2.31. The normalized spacial score (nSPS) is 28.0. The minimum Gasteiger partial charge on any atom is -0.335 e. The van der Waals surface area contributed by atoms with Crippen LogP contribution < -0.4 is 5.32 Å². The van der Waals surface area contributed by atoms with E-state index in [9.17, 15) is 4.79 Å². The number of fused-ring (bicyclic) bond motifs is 1. The van der Waals surface area contributed by atoms with E-state index < -0.39 is 0 Å². The van der Waals surface area contributed by atoms with Gasteiger partial charge in [0.25, 0.3) is 0 Å². The Morgan fingerprint density at radius 1 is 1.28 bits per heavy atom. The average molecular weight is 285 g/mol. The fourth-order valence-electron chi connectivity index (χ4n) is 2.84. The largest absolute Gasteiger partial charge is 0.335 e. The van der Waals surface area contributed by atoms with Crippen molar-refractivity contribution >= 4 is 29.1 Å². The van der Waals surface area contributed by atoms with Crippen LogP contribution in [0.15, 0.2) is 18.2 Å². The molecule has 3 rings (SSSR count). The molecule has 1 N–H and O–H groups in total. The van der Waals surface area contributed by atoms with Crippen molar-refractivity contribution in [2.24, 2.45) is 0 Å². The summed E-state index contributed by atoms with van der Waals surface area (Å²) in [5.41, 5.74) is 0.929. The molecule has 2 aliphatic heterocycles. The summed E-state index contributed by atoms with van der Waals surface area (Å²) in [7, 11) is 0. The van der Waals surface area contributed by atoms with Gasteiger partial charge in [0.1, 0.15) is 6.17 Å². The summed E-state index contributed by atoms with van der Waals surface area (Å²) in [4.78, 5) is 14.2. The molecule has 2 fully saturated rings. The van der Waals surface area contributed by atoms with Gasteiger partial charge in [-0.1, -0.05) is 35.7 Å². The number of hydrogen-bond donors (Lipinski definition) is 1. The Bertz CT molecular complexity index is 492. The van der Waals surface area contributed by atoms with Crippen molar-refractivity contribution in [1.82, 2.24) is 10.2 Å². The van der Waals surface area contributed by atoms with Gasteiger partial charge < -0.3 is 5.32 Å². The fourth-order valence-corrected chi connectivity index (χ4v) is 3.35. The number of carbonyl (C=O) groups excluding carboxylic acids is 1. The van der Waals surface area contributed by atoms with E-state index in [4.69, 9.17) is 23.2 Å². The Labute approximate surface area is 116 Å². The molecule has 0 radical (unpaired) electrons. The van der Waals surface area contributed by atoms with E-state index in [0.29, 0.717) is 10.0 Å². The zero-order valence-corrected chi connectivity index (χ0v) is 11.3. The molecule has 5 heteroatoms. The number of amides is 1. The highest BCUT2D eigenvalue weighted by Crippen LogP contribution is 2.35. The first-order chi connectivity index (χ1) is 8.66. The van der Waals surface area contributed by atoms with Crippen LogP contribution in [-0.2, 0) is 4.79 Å². The molecule has 0 aliphatic carbocycles. The molecule has 1 amide bonds. The van der Waals surface area contributed by atoms with Crippen LogP contribution in [0.1, 0.15) is 31.0 Å². The Hall–Kier alpha value is -0.770. The van der Waals surface area contributed by atoms with Crippen LogP contribution >= 0.6 is 23.2 Å². The predicted molar refractivity (Wildman–Crippen MR) is 71.7 cm³/mol. The zero-order valence-electron chi connectivity index (χ0n) is 9.83. The van der Waals surface area contributed by atoms with Crippen molar-refractivity contribution in [2.45, 2.75) is 31.5 Å². The Balaban J connectivity index is 1.94. The van der Waals surface area contributed by atoms with Gasteiger partial charge in [-0.15, -0.1) is 0 Å². The number of nitrogens with zero attached hydrogens (tertiary/aromatic N) is 1. The quantitative estimate of drug-likeness (QED) is 0.860. The molecule has 2 heterocycles. The minimum absolute atomic E-state index is 0.00972. The van der Waals surface area contributed by atoms with Crippen molar-refractivity contribution in [3.8, 4) is 0 Å². The van der Waals surface area contributed by atoms with Crippen LogP contribution in [0.2, 0.25) is 10.0 Å². The number of benzene rings is 1. The summed E-state index contributed by atoms with van der Waals surface area (Å²) in [6.45, 7) is 0.938. The third kappa shape index (κ3) is 2.00. The lowest BCUT2D eigenvalue weighted by molar-refractivity contribution is -0.122. The van der Waals surface area contributed by atoms with Gasteiger partial charge in [0.15, 0.2) is 0 Å². The number of carbonyl (C=O) groups is 1. The minimum atomic E-state index is -0.104. The topological polar surface area (TPSA) is 32.3 Å². The molecule has 2 atom stereocenters. The van der Waals surface area contributed by atoms with E-state index >= 15 is 0 Å². The lowest BCUT2D eigenvalue weighted by Crippen LogP contribution is -2.38. The third-order valence-corrected chi connectivity index (χ3v) is 4.28. The van der Waals surface area contributed by atoms with Crippen molar-refractivity contribution in [3.63, 3.8) is 0 Å². The molecule has 1 aromatic rings. The first kappa shape index (κ1) is 12.3. The Morgan fingerprint density at radius 2 is 2.11 bits per heavy atom. The molecular weight excluding hydrogens is 271 g/mol. The number of hydrogen-bond acceptors (Lipinski definition) is 2. The van der Waals surface area contributed by atoms with Gasteiger partial charge in [0.2, 0.25) is 5.91 Å². The van der Waals surface area contributed by atoms with Gasteiger partial charge in [-0.2, -0.15) is 0 Å². The molecule has 0 aromatic heterocycles. The van der Waals surface area contributed by atoms with Crippen LogP contribution in [0.3, 0.4) is 0 Å². The molecule has 2 unspecified atom stereocenters. The summed E-state index contributed by atoms with van der Waals surface area (Å²) >= 11 is 12.1. The summed E-state index contributed by atoms with van der Waals surface area (Å²) in [5.74, 6) is 0.116. The molecule has 0 saturated carbocycles. The highest BCUT2D eigenvalue weighted by molar-refractivity contribution is 6.35. The predicted octanol–water partition coefficient (Wildman–Crippen LogP) is 2.98. The van der Waals surface area contributed by atoms with Crippen LogP contribution in [0.4, 0.5) is 0 Å². The third-order valence-electron chi connectivity index (χ3n) is 3.71. The second-order valence-corrected chi connectivity index (χ2v) is 5.67. The van der Waals surface area contributed by atoms with Crippen LogP contribution in [0, 0.1) is 0 Å². The van der Waals surface area contributed by atoms with Gasteiger partial charge in [-0.25, -0.2) is 0 Å². The molecule has 1 aromatic carbocycles. The summed E-state index contributed by atoms with van der Waals surface area (Å²) in [6.07, 6.45) is 3.09. The number of rotatable bonds is 1. The molecule has 18 heavy (non-hydrogen) atoms. The molecular formula is C13H14Cl2N2O. The Kier molecular flexibility index (Phi) is 3.22. The van der Waals surface area contributed by atoms with E-state index in [2.05, 4.69) is 10.2 Å². The number of nitrogens with one attached hydrogen (secondary N) is 1. The highest BCUT2D eigenvalue weighted by atomic mass is 35.5. The van der Waals surface area contributed by atoms with Gasteiger partial charge >= 0.3 is 0 Å². The van der Waals surface area contributed by atoms with Crippen LogP contribution in [0.25, 0.3) is 0 Å². The Morgan fingerprint density at radius 3 is 2.89 bits per heavy atom. The molecule has 96 valence electrons. The lowest BCUT2D eigenvalue weighted by atomic mass is 10.0. The molecule has 0 bridgehead atoms. The average Bonchev–Trinajstić information content (AvgIpc) is 2.68. The van der Waals surface area contributed by atoms with Gasteiger partial charge in [-0.3, -0.25) is 9.69 Å². The maximum absolute atomic E-state index is 11.9.